The smallest absolute Gasteiger partial charge is 0.348 e. The van der Waals surface area contributed by atoms with Crippen molar-refractivity contribution in [3.8, 4) is 0 Å². The molecule has 0 aromatic rings. The van der Waals surface area contributed by atoms with Gasteiger partial charge in [-0.3, -0.25) is 0 Å². The Hall–Kier alpha value is 0.844. The molecule has 0 aromatic carbocycles. The molecule has 0 fully saturated rings. The second kappa shape index (κ2) is 9.11. The lowest BCUT2D eigenvalue weighted by molar-refractivity contribution is 0.0525. The Morgan fingerprint density at radius 3 is 1.42 bits per heavy atom. The highest BCUT2D eigenvalue weighted by Crippen LogP contribution is 2.30. The van der Waals surface area contributed by atoms with E-state index in [2.05, 4.69) is 52.8 Å². The van der Waals surface area contributed by atoms with Crippen molar-refractivity contribution in [1.29, 1.82) is 0 Å². The zero-order valence-corrected chi connectivity index (χ0v) is 23.9. The molecule has 0 saturated heterocycles. The molecule has 0 saturated carbocycles. The Bertz CT molecular complexity index is 451. The largest absolute Gasteiger partial charge is 0.437 e. The first-order valence-electron chi connectivity index (χ1n) is 9.41. The van der Waals surface area contributed by atoms with Crippen LogP contribution in [0.2, 0.25) is 71.5 Å². The highest BCUT2D eigenvalue weighted by molar-refractivity contribution is 6.91. The van der Waals surface area contributed by atoms with Crippen LogP contribution < -0.4 is 0 Å². The summed E-state index contributed by atoms with van der Waals surface area (Å²) in [5.41, 5.74) is -1.03. The average molecular weight is 459 g/mol. The number of hydrogen-bond acceptors (Lipinski definition) is 6. The summed E-state index contributed by atoms with van der Waals surface area (Å²) in [6.45, 7) is 24.2. The molecule has 4 unspecified atom stereocenters. The fourth-order valence-corrected chi connectivity index (χ4v) is 25.8. The van der Waals surface area contributed by atoms with Crippen LogP contribution in [-0.2, 0) is 16.5 Å². The molecule has 11 heteroatoms. The normalized spacial score (nSPS) is 21.0. The molecule has 0 aromatic heterocycles. The minimum Gasteiger partial charge on any atom is -0.437 e. The highest BCUT2D eigenvalue weighted by Gasteiger charge is 2.52. The Morgan fingerprint density at radius 2 is 1.12 bits per heavy atom. The van der Waals surface area contributed by atoms with E-state index in [1.54, 1.807) is 6.92 Å². The summed E-state index contributed by atoms with van der Waals surface area (Å²) in [5.74, 6) is 0. The Labute approximate surface area is 166 Å². The third-order valence-corrected chi connectivity index (χ3v) is 21.9. The van der Waals surface area contributed by atoms with Crippen LogP contribution in [0.5, 0.6) is 0 Å². The molecule has 0 amide bonds. The molecule has 0 bridgehead atoms. The van der Waals surface area contributed by atoms with E-state index in [9.17, 15) is 10.2 Å². The summed E-state index contributed by atoms with van der Waals surface area (Å²) >= 11 is 0. The van der Waals surface area contributed by atoms with E-state index in [1.807, 2.05) is 19.6 Å². The van der Waals surface area contributed by atoms with Gasteiger partial charge in [-0.1, -0.05) is 6.92 Å². The Kier molecular flexibility index (Phi) is 9.41. The van der Waals surface area contributed by atoms with E-state index < -0.39 is 54.1 Å². The number of aliphatic hydroxyl groups excluding tert-OH is 2. The first-order valence-corrected chi connectivity index (χ1v) is 24.0. The molecule has 2 N–H and O–H groups in total. The highest BCUT2D eigenvalue weighted by atomic mass is 28.5. The van der Waals surface area contributed by atoms with Crippen LogP contribution in [0.1, 0.15) is 13.8 Å². The van der Waals surface area contributed by atoms with E-state index in [-0.39, 0.29) is 0 Å². The molecule has 26 heavy (non-hydrogen) atoms. The van der Waals surface area contributed by atoms with Crippen LogP contribution in [-0.4, -0.2) is 64.4 Å². The summed E-state index contributed by atoms with van der Waals surface area (Å²) in [4.78, 5) is 0. The number of aliphatic hydroxyl groups is 2. The van der Waals surface area contributed by atoms with Crippen molar-refractivity contribution in [3.05, 3.63) is 0 Å². The first kappa shape index (κ1) is 26.8. The van der Waals surface area contributed by atoms with Gasteiger partial charge in [0, 0.05) is 0 Å². The average Bonchev–Trinajstić information content (AvgIpc) is 2.31. The van der Waals surface area contributed by atoms with Crippen LogP contribution in [0, 0.1) is 0 Å². The topological polar surface area (TPSA) is 77.4 Å². The van der Waals surface area contributed by atoms with Gasteiger partial charge in [-0.25, -0.2) is 0 Å². The molecule has 0 rings (SSSR count). The molecule has 6 nitrogen and oxygen atoms in total. The zero-order chi connectivity index (χ0) is 21.2. The van der Waals surface area contributed by atoms with Gasteiger partial charge in [0.1, 0.15) is 5.73 Å². The Morgan fingerprint density at radius 1 is 0.692 bits per heavy atom. The fourth-order valence-electron chi connectivity index (χ4n) is 3.03. The first-order chi connectivity index (χ1) is 11.2. The SMILES string of the molecule is CC[Si](C)(O[Si](C)(C)C)O[Si](C)(C)O[Si](C)(O[Si](C)(C)C)C(O)C(C)O. The summed E-state index contributed by atoms with van der Waals surface area (Å²) in [7, 11) is -11.9. The van der Waals surface area contributed by atoms with Gasteiger partial charge in [0.25, 0.3) is 0 Å². The van der Waals surface area contributed by atoms with Crippen molar-refractivity contribution in [2.45, 2.75) is 97.2 Å². The number of rotatable bonds is 11. The summed E-state index contributed by atoms with van der Waals surface area (Å²) in [6, 6.07) is 0.836. The quantitative estimate of drug-likeness (QED) is 0.458. The van der Waals surface area contributed by atoms with Gasteiger partial charge in [-0.05, 0) is 78.4 Å². The minimum atomic E-state index is -3.08. The maximum atomic E-state index is 10.7. The molecule has 158 valence electrons. The van der Waals surface area contributed by atoms with Gasteiger partial charge in [0.15, 0.2) is 16.6 Å². The maximum absolute atomic E-state index is 10.7. The van der Waals surface area contributed by atoms with E-state index in [0.29, 0.717) is 0 Å². The van der Waals surface area contributed by atoms with E-state index in [1.165, 1.54) is 0 Å². The standard InChI is InChI=1S/C15H42O6Si5/c1-13-25(11,18-22(3,4)5)20-24(9,10)21-26(12,15(17)14(2)16)19-23(6,7)8/h14-17H,13H2,1-12H3. The molecule has 4 atom stereocenters. The van der Waals surface area contributed by atoms with E-state index in [0.717, 1.165) is 6.04 Å². The summed E-state index contributed by atoms with van der Waals surface area (Å²) < 4.78 is 25.7. The van der Waals surface area contributed by atoms with Gasteiger partial charge < -0.3 is 26.7 Å². The summed E-state index contributed by atoms with van der Waals surface area (Å²) in [5, 5.41) is 20.6. The van der Waals surface area contributed by atoms with Gasteiger partial charge in [-0.2, -0.15) is 0 Å². The van der Waals surface area contributed by atoms with Gasteiger partial charge in [-0.15, -0.1) is 0 Å². The van der Waals surface area contributed by atoms with Crippen LogP contribution >= 0.6 is 0 Å². The Balaban J connectivity index is 5.58. The van der Waals surface area contributed by atoms with Crippen molar-refractivity contribution < 1.29 is 26.7 Å². The maximum Gasteiger partial charge on any atom is 0.348 e. The van der Waals surface area contributed by atoms with Crippen molar-refractivity contribution in [3.63, 3.8) is 0 Å². The minimum absolute atomic E-state index is 0.836. The third kappa shape index (κ3) is 9.86. The van der Waals surface area contributed by atoms with Crippen LogP contribution in [0.25, 0.3) is 0 Å². The van der Waals surface area contributed by atoms with Gasteiger partial charge in [0.05, 0.1) is 6.10 Å². The second-order valence-electron chi connectivity index (χ2n) is 9.72. The molecular weight excluding hydrogens is 417 g/mol. The van der Waals surface area contributed by atoms with Crippen LogP contribution in [0.3, 0.4) is 0 Å². The van der Waals surface area contributed by atoms with Crippen LogP contribution in [0.15, 0.2) is 0 Å². The van der Waals surface area contributed by atoms with Crippen LogP contribution in [0.4, 0.5) is 0 Å². The van der Waals surface area contributed by atoms with E-state index in [4.69, 9.17) is 16.5 Å². The van der Waals surface area contributed by atoms with E-state index >= 15 is 0 Å². The molecule has 0 aliphatic carbocycles. The van der Waals surface area contributed by atoms with Crippen molar-refractivity contribution in [2.75, 3.05) is 0 Å². The predicted octanol–water partition coefficient (Wildman–Crippen LogP) is 3.87. The predicted molar refractivity (Wildman–Crippen MR) is 120 cm³/mol. The second-order valence-corrected chi connectivity index (χ2v) is 29.8. The lowest BCUT2D eigenvalue weighted by Crippen LogP contribution is -2.65. The van der Waals surface area contributed by atoms with Crippen molar-refractivity contribution in [2.24, 2.45) is 0 Å². The molecular formula is C15H42O6Si5. The molecule has 0 aliphatic rings. The zero-order valence-electron chi connectivity index (χ0n) is 18.9. The molecule has 0 radical (unpaired) electrons. The third-order valence-electron chi connectivity index (χ3n) is 3.58. The van der Waals surface area contributed by atoms with Crippen molar-refractivity contribution >= 4 is 42.3 Å². The number of hydrogen-bond donors (Lipinski definition) is 2. The van der Waals surface area contributed by atoms with Gasteiger partial charge >= 0.3 is 25.7 Å². The molecule has 0 spiro atoms. The van der Waals surface area contributed by atoms with Gasteiger partial charge in [0.2, 0.25) is 0 Å². The molecule has 0 heterocycles. The lowest BCUT2D eigenvalue weighted by atomic mass is 10.4. The summed E-state index contributed by atoms with van der Waals surface area (Å²) in [6.07, 6.45) is -0.916. The monoisotopic (exact) mass is 458 g/mol. The lowest BCUT2D eigenvalue weighted by Gasteiger charge is -2.45. The fraction of sp³-hybridized carbons (Fsp3) is 1.00. The molecule has 0 aliphatic heterocycles. The van der Waals surface area contributed by atoms with Crippen molar-refractivity contribution in [1.82, 2.24) is 0 Å².